The Labute approximate surface area is 114 Å². The van der Waals surface area contributed by atoms with E-state index < -0.39 is 0 Å². The highest BCUT2D eigenvalue weighted by Gasteiger charge is 2.32. The van der Waals surface area contributed by atoms with Crippen molar-refractivity contribution in [2.24, 2.45) is 11.8 Å². The van der Waals surface area contributed by atoms with Gasteiger partial charge in [0.1, 0.15) is 0 Å². The summed E-state index contributed by atoms with van der Waals surface area (Å²) in [5, 5.41) is 11.7. The number of amides is 1. The highest BCUT2D eigenvalue weighted by molar-refractivity contribution is 5.96. The summed E-state index contributed by atoms with van der Waals surface area (Å²) in [5.74, 6) is 7.10. The van der Waals surface area contributed by atoms with E-state index in [0.717, 1.165) is 18.0 Å². The molecule has 1 aromatic rings. The lowest BCUT2D eigenvalue weighted by Crippen LogP contribution is -2.26. The molecule has 1 amide bonds. The van der Waals surface area contributed by atoms with E-state index in [-0.39, 0.29) is 12.5 Å². The lowest BCUT2D eigenvalue weighted by Gasteiger charge is -2.06. The topological polar surface area (TPSA) is 49.3 Å². The van der Waals surface area contributed by atoms with Gasteiger partial charge in [-0.25, -0.2) is 0 Å². The van der Waals surface area contributed by atoms with Crippen LogP contribution in [0.25, 0.3) is 0 Å². The summed E-state index contributed by atoms with van der Waals surface area (Å²) in [7, 11) is 0. The first-order valence-electron chi connectivity index (χ1n) is 6.69. The number of rotatable bonds is 4. The molecule has 0 bridgehead atoms. The minimum absolute atomic E-state index is 0.0426. The van der Waals surface area contributed by atoms with Crippen LogP contribution in [-0.4, -0.2) is 24.2 Å². The number of aliphatic hydroxyl groups is 1. The van der Waals surface area contributed by atoms with E-state index in [9.17, 15) is 4.79 Å². The first-order chi connectivity index (χ1) is 9.22. The number of hydrogen-bond acceptors (Lipinski definition) is 2. The molecule has 2 rings (SSSR count). The first kappa shape index (κ1) is 13.6. The zero-order valence-electron chi connectivity index (χ0n) is 11.1. The molecular formula is C16H19NO2. The Morgan fingerprint density at radius 2 is 2.21 bits per heavy atom. The second-order valence-electron chi connectivity index (χ2n) is 5.00. The Morgan fingerprint density at radius 3 is 2.89 bits per heavy atom. The zero-order chi connectivity index (χ0) is 13.7. The van der Waals surface area contributed by atoms with Crippen molar-refractivity contribution in [3.05, 3.63) is 35.4 Å². The van der Waals surface area contributed by atoms with Gasteiger partial charge in [0.25, 0.3) is 5.91 Å². The Morgan fingerprint density at radius 1 is 1.47 bits per heavy atom. The smallest absolute Gasteiger partial charge is 0.252 e. The molecule has 0 aromatic heterocycles. The number of carbonyl (C=O) groups is 1. The largest absolute Gasteiger partial charge is 0.395 e. The van der Waals surface area contributed by atoms with Gasteiger partial charge in [-0.1, -0.05) is 30.9 Å². The molecule has 0 saturated heterocycles. The second-order valence-corrected chi connectivity index (χ2v) is 5.00. The van der Waals surface area contributed by atoms with E-state index >= 15 is 0 Å². The maximum Gasteiger partial charge on any atom is 0.252 e. The highest BCUT2D eigenvalue weighted by Crippen LogP contribution is 2.36. The maximum absolute atomic E-state index is 12.1. The molecule has 3 heteroatoms. The van der Waals surface area contributed by atoms with E-state index in [4.69, 9.17) is 5.11 Å². The van der Waals surface area contributed by atoms with E-state index in [1.807, 2.05) is 18.2 Å². The second kappa shape index (κ2) is 6.40. The summed E-state index contributed by atoms with van der Waals surface area (Å²) in [4.78, 5) is 12.1. The normalized spacial score (nSPS) is 20.3. The van der Waals surface area contributed by atoms with Crippen LogP contribution in [-0.2, 0) is 0 Å². The molecule has 1 aliphatic rings. The molecule has 100 valence electrons. The molecule has 2 atom stereocenters. The van der Waals surface area contributed by atoms with Crippen LogP contribution in [0.1, 0.15) is 35.7 Å². The van der Waals surface area contributed by atoms with Crippen molar-refractivity contribution in [1.82, 2.24) is 5.32 Å². The molecule has 2 unspecified atom stereocenters. The van der Waals surface area contributed by atoms with Gasteiger partial charge in [0.05, 0.1) is 12.2 Å². The van der Waals surface area contributed by atoms with Gasteiger partial charge in [-0.05, 0) is 30.4 Å². The average Bonchev–Trinajstić information content (AvgIpc) is 3.13. The number of nitrogens with one attached hydrogen (secondary N) is 1. The van der Waals surface area contributed by atoms with Crippen LogP contribution in [0.2, 0.25) is 0 Å². The first-order valence-corrected chi connectivity index (χ1v) is 6.69. The Balaban J connectivity index is 2.02. The molecule has 0 spiro atoms. The molecule has 0 aliphatic heterocycles. The maximum atomic E-state index is 12.1. The van der Waals surface area contributed by atoms with Crippen molar-refractivity contribution in [2.45, 2.75) is 19.8 Å². The third kappa shape index (κ3) is 3.84. The predicted octanol–water partition coefficient (Wildman–Crippen LogP) is 1.81. The van der Waals surface area contributed by atoms with Gasteiger partial charge in [-0.2, -0.15) is 0 Å². The monoisotopic (exact) mass is 257 g/mol. The van der Waals surface area contributed by atoms with Gasteiger partial charge in [0.2, 0.25) is 0 Å². The number of benzene rings is 1. The summed E-state index contributed by atoms with van der Waals surface area (Å²) < 4.78 is 0. The highest BCUT2D eigenvalue weighted by atomic mass is 16.2. The quantitative estimate of drug-likeness (QED) is 0.808. The Kier molecular flexibility index (Phi) is 4.59. The lowest BCUT2D eigenvalue weighted by atomic mass is 10.1. The van der Waals surface area contributed by atoms with Crippen molar-refractivity contribution in [2.75, 3.05) is 13.2 Å². The summed E-state index contributed by atoms with van der Waals surface area (Å²) in [6, 6.07) is 7.32. The third-order valence-corrected chi connectivity index (χ3v) is 3.43. The SMILES string of the molecule is CC1CC1CNC(=O)c1ccccc1C#CCCO. The molecule has 1 aromatic carbocycles. The van der Waals surface area contributed by atoms with Crippen LogP contribution in [0, 0.1) is 23.7 Å². The van der Waals surface area contributed by atoms with Crippen molar-refractivity contribution < 1.29 is 9.90 Å². The van der Waals surface area contributed by atoms with Crippen molar-refractivity contribution in [3.63, 3.8) is 0 Å². The summed E-state index contributed by atoms with van der Waals surface area (Å²) in [5.41, 5.74) is 1.33. The minimum atomic E-state index is -0.0620. The molecule has 0 radical (unpaired) electrons. The summed E-state index contributed by atoms with van der Waals surface area (Å²) in [6.45, 7) is 2.99. The van der Waals surface area contributed by atoms with Crippen LogP contribution < -0.4 is 5.32 Å². The third-order valence-electron chi connectivity index (χ3n) is 3.43. The van der Waals surface area contributed by atoms with E-state index in [2.05, 4.69) is 24.1 Å². The average molecular weight is 257 g/mol. The fraction of sp³-hybridized carbons (Fsp3) is 0.438. The fourth-order valence-corrected chi connectivity index (χ4v) is 2.01. The molecule has 1 aliphatic carbocycles. The van der Waals surface area contributed by atoms with Crippen LogP contribution >= 0.6 is 0 Å². The van der Waals surface area contributed by atoms with Gasteiger partial charge in [-0.15, -0.1) is 0 Å². The van der Waals surface area contributed by atoms with E-state index in [1.54, 1.807) is 6.07 Å². The van der Waals surface area contributed by atoms with E-state index in [0.29, 0.717) is 17.9 Å². The minimum Gasteiger partial charge on any atom is -0.395 e. The summed E-state index contributed by atoms with van der Waals surface area (Å²) >= 11 is 0. The van der Waals surface area contributed by atoms with Gasteiger partial charge in [0, 0.05) is 18.5 Å². The van der Waals surface area contributed by atoms with E-state index in [1.165, 1.54) is 6.42 Å². The Bertz CT molecular complexity index is 513. The van der Waals surface area contributed by atoms with Crippen LogP contribution in [0.4, 0.5) is 0 Å². The van der Waals surface area contributed by atoms with Gasteiger partial charge in [0.15, 0.2) is 0 Å². The summed E-state index contributed by atoms with van der Waals surface area (Å²) in [6.07, 6.45) is 1.63. The molecule has 2 N–H and O–H groups in total. The van der Waals surface area contributed by atoms with Crippen molar-refractivity contribution in [3.8, 4) is 11.8 Å². The van der Waals surface area contributed by atoms with Crippen LogP contribution in [0.15, 0.2) is 24.3 Å². The number of hydrogen-bond donors (Lipinski definition) is 2. The standard InChI is InChI=1S/C16H19NO2/c1-12-10-14(12)11-17-16(19)15-8-3-2-6-13(15)7-4-5-9-18/h2-3,6,8,12,14,18H,5,9-11H2,1H3,(H,17,19). The molecule has 19 heavy (non-hydrogen) atoms. The number of aliphatic hydroxyl groups excluding tert-OH is 1. The number of carbonyl (C=O) groups excluding carboxylic acids is 1. The Hall–Kier alpha value is -1.79. The molecular weight excluding hydrogens is 238 g/mol. The van der Waals surface area contributed by atoms with Crippen LogP contribution in [0.3, 0.4) is 0 Å². The van der Waals surface area contributed by atoms with Gasteiger partial charge >= 0.3 is 0 Å². The predicted molar refractivity (Wildman–Crippen MR) is 74.6 cm³/mol. The molecule has 0 heterocycles. The molecule has 3 nitrogen and oxygen atoms in total. The van der Waals surface area contributed by atoms with Crippen molar-refractivity contribution >= 4 is 5.91 Å². The zero-order valence-corrected chi connectivity index (χ0v) is 11.1. The van der Waals surface area contributed by atoms with Crippen LogP contribution in [0.5, 0.6) is 0 Å². The fourth-order valence-electron chi connectivity index (χ4n) is 2.01. The van der Waals surface area contributed by atoms with Gasteiger partial charge in [-0.3, -0.25) is 4.79 Å². The molecule has 1 fully saturated rings. The van der Waals surface area contributed by atoms with Gasteiger partial charge < -0.3 is 10.4 Å². The molecule has 1 saturated carbocycles. The van der Waals surface area contributed by atoms with Crippen molar-refractivity contribution in [1.29, 1.82) is 0 Å². The lowest BCUT2D eigenvalue weighted by molar-refractivity contribution is 0.0951.